The molecular formula is C10H14BrNO3. The molecule has 0 aromatic heterocycles. The summed E-state index contributed by atoms with van der Waals surface area (Å²) in [6.07, 6.45) is -0.708. The highest BCUT2D eigenvalue weighted by Crippen LogP contribution is 2.37. The van der Waals surface area contributed by atoms with Gasteiger partial charge in [0, 0.05) is 6.54 Å². The lowest BCUT2D eigenvalue weighted by Gasteiger charge is -2.14. The minimum atomic E-state index is -0.708. The molecule has 0 unspecified atom stereocenters. The quantitative estimate of drug-likeness (QED) is 0.873. The van der Waals surface area contributed by atoms with E-state index in [-0.39, 0.29) is 6.54 Å². The molecule has 84 valence electrons. The van der Waals surface area contributed by atoms with Crippen LogP contribution in [0.15, 0.2) is 16.6 Å². The largest absolute Gasteiger partial charge is 0.495 e. The Balaban J connectivity index is 3.20. The minimum Gasteiger partial charge on any atom is -0.495 e. The summed E-state index contributed by atoms with van der Waals surface area (Å²) in [5.74, 6) is 1.22. The maximum Gasteiger partial charge on any atom is 0.137 e. The van der Waals surface area contributed by atoms with Gasteiger partial charge in [0.2, 0.25) is 0 Å². The van der Waals surface area contributed by atoms with Crippen molar-refractivity contribution < 1.29 is 14.6 Å². The fraction of sp³-hybridized carbons (Fsp3) is 0.400. The number of methoxy groups -OCH3 is 2. The SMILES string of the molecule is COc1cc([C@@H](O)CN)cc(OC)c1Br. The molecule has 1 aromatic carbocycles. The summed E-state index contributed by atoms with van der Waals surface area (Å²) in [6, 6.07) is 3.45. The number of nitrogens with two attached hydrogens (primary N) is 1. The van der Waals surface area contributed by atoms with Crippen LogP contribution in [-0.4, -0.2) is 25.9 Å². The first-order chi connectivity index (χ1) is 7.13. The lowest BCUT2D eigenvalue weighted by atomic mass is 10.1. The van der Waals surface area contributed by atoms with Crippen LogP contribution in [0.4, 0.5) is 0 Å². The van der Waals surface area contributed by atoms with Gasteiger partial charge in [-0.05, 0) is 33.6 Å². The Morgan fingerprint density at radius 1 is 1.33 bits per heavy atom. The molecule has 3 N–H and O–H groups in total. The molecule has 0 amide bonds. The van der Waals surface area contributed by atoms with Crippen molar-refractivity contribution in [3.05, 3.63) is 22.2 Å². The third-order valence-corrected chi connectivity index (χ3v) is 2.86. The van der Waals surface area contributed by atoms with Gasteiger partial charge in [-0.2, -0.15) is 0 Å². The second-order valence-corrected chi connectivity index (χ2v) is 3.78. The summed E-state index contributed by atoms with van der Waals surface area (Å²) in [7, 11) is 3.11. The molecule has 5 heteroatoms. The first-order valence-electron chi connectivity index (χ1n) is 4.43. The predicted molar refractivity (Wildman–Crippen MR) is 61.3 cm³/mol. The Kier molecular flexibility index (Phi) is 4.38. The summed E-state index contributed by atoms with van der Waals surface area (Å²) < 4.78 is 11.0. The first-order valence-corrected chi connectivity index (χ1v) is 5.22. The highest BCUT2D eigenvalue weighted by Gasteiger charge is 2.13. The standard InChI is InChI=1S/C10H14BrNO3/c1-14-8-3-6(7(13)5-12)4-9(15-2)10(8)11/h3-4,7,13H,5,12H2,1-2H3/t7-/m0/s1. The summed E-state index contributed by atoms with van der Waals surface area (Å²) in [6.45, 7) is 0.161. The van der Waals surface area contributed by atoms with E-state index >= 15 is 0 Å². The second kappa shape index (κ2) is 5.34. The molecule has 0 radical (unpaired) electrons. The van der Waals surface area contributed by atoms with Gasteiger partial charge in [0.05, 0.1) is 20.3 Å². The van der Waals surface area contributed by atoms with Crippen LogP contribution in [0, 0.1) is 0 Å². The zero-order valence-electron chi connectivity index (χ0n) is 8.66. The van der Waals surface area contributed by atoms with Crippen molar-refractivity contribution in [2.45, 2.75) is 6.10 Å². The molecule has 1 aromatic rings. The van der Waals surface area contributed by atoms with Crippen LogP contribution in [-0.2, 0) is 0 Å². The number of ether oxygens (including phenoxy) is 2. The molecule has 0 saturated heterocycles. The fourth-order valence-corrected chi connectivity index (χ4v) is 1.77. The Morgan fingerprint density at radius 2 is 1.80 bits per heavy atom. The van der Waals surface area contributed by atoms with Crippen LogP contribution in [0.25, 0.3) is 0 Å². The number of rotatable bonds is 4. The molecule has 0 aliphatic heterocycles. The molecule has 1 atom stereocenters. The van der Waals surface area contributed by atoms with Gasteiger partial charge in [-0.15, -0.1) is 0 Å². The summed E-state index contributed by atoms with van der Waals surface area (Å²) in [5.41, 5.74) is 6.06. The number of aliphatic hydroxyl groups is 1. The number of aliphatic hydroxyl groups excluding tert-OH is 1. The van der Waals surface area contributed by atoms with E-state index in [0.717, 1.165) is 4.47 Å². The normalized spacial score (nSPS) is 12.3. The van der Waals surface area contributed by atoms with Crippen molar-refractivity contribution in [2.75, 3.05) is 20.8 Å². The van der Waals surface area contributed by atoms with Gasteiger partial charge in [-0.1, -0.05) is 0 Å². The van der Waals surface area contributed by atoms with Crippen molar-refractivity contribution >= 4 is 15.9 Å². The van der Waals surface area contributed by atoms with Crippen LogP contribution in [0.2, 0.25) is 0 Å². The minimum absolute atomic E-state index is 0.161. The van der Waals surface area contributed by atoms with Crippen molar-refractivity contribution in [3.63, 3.8) is 0 Å². The Morgan fingerprint density at radius 3 is 2.13 bits per heavy atom. The van der Waals surface area contributed by atoms with Gasteiger partial charge >= 0.3 is 0 Å². The zero-order chi connectivity index (χ0) is 11.4. The van der Waals surface area contributed by atoms with Crippen molar-refractivity contribution in [1.29, 1.82) is 0 Å². The van der Waals surface area contributed by atoms with Gasteiger partial charge < -0.3 is 20.3 Å². The lowest BCUT2D eigenvalue weighted by Crippen LogP contribution is -2.11. The predicted octanol–water partition coefficient (Wildman–Crippen LogP) is 1.46. The van der Waals surface area contributed by atoms with E-state index < -0.39 is 6.10 Å². The van der Waals surface area contributed by atoms with E-state index in [2.05, 4.69) is 15.9 Å². The van der Waals surface area contributed by atoms with Crippen LogP contribution >= 0.6 is 15.9 Å². The third kappa shape index (κ3) is 2.62. The zero-order valence-corrected chi connectivity index (χ0v) is 10.2. The Hall–Kier alpha value is -0.780. The summed E-state index contributed by atoms with van der Waals surface area (Å²) in [4.78, 5) is 0. The molecule has 0 bridgehead atoms. The Bertz CT molecular complexity index is 318. The maximum absolute atomic E-state index is 9.61. The van der Waals surface area contributed by atoms with Gasteiger partial charge in [0.25, 0.3) is 0 Å². The van der Waals surface area contributed by atoms with Crippen molar-refractivity contribution in [1.82, 2.24) is 0 Å². The van der Waals surface area contributed by atoms with Gasteiger partial charge in [0.1, 0.15) is 16.0 Å². The van der Waals surface area contributed by atoms with E-state index in [1.807, 2.05) is 0 Å². The van der Waals surface area contributed by atoms with Crippen LogP contribution in [0.5, 0.6) is 11.5 Å². The van der Waals surface area contributed by atoms with Crippen LogP contribution in [0.1, 0.15) is 11.7 Å². The van der Waals surface area contributed by atoms with Crippen LogP contribution in [0.3, 0.4) is 0 Å². The topological polar surface area (TPSA) is 64.7 Å². The number of halogens is 1. The molecule has 0 aliphatic rings. The molecule has 0 spiro atoms. The smallest absolute Gasteiger partial charge is 0.137 e. The second-order valence-electron chi connectivity index (χ2n) is 2.99. The fourth-order valence-electron chi connectivity index (χ4n) is 1.22. The van der Waals surface area contributed by atoms with Gasteiger partial charge in [0.15, 0.2) is 0 Å². The van der Waals surface area contributed by atoms with Gasteiger partial charge in [-0.3, -0.25) is 0 Å². The van der Waals surface area contributed by atoms with E-state index in [1.165, 1.54) is 0 Å². The molecule has 1 rings (SSSR count). The number of hydrogen-bond donors (Lipinski definition) is 2. The molecule has 0 fully saturated rings. The molecule has 0 saturated carbocycles. The van der Waals surface area contributed by atoms with Crippen molar-refractivity contribution in [2.24, 2.45) is 5.73 Å². The number of hydrogen-bond acceptors (Lipinski definition) is 4. The highest BCUT2D eigenvalue weighted by atomic mass is 79.9. The first kappa shape index (κ1) is 12.3. The third-order valence-electron chi connectivity index (χ3n) is 2.08. The number of benzene rings is 1. The van der Waals surface area contributed by atoms with E-state index in [9.17, 15) is 5.11 Å². The monoisotopic (exact) mass is 275 g/mol. The summed E-state index contributed by atoms with van der Waals surface area (Å²) in [5, 5.41) is 9.61. The molecule has 0 aliphatic carbocycles. The molecule has 0 heterocycles. The summed E-state index contributed by atoms with van der Waals surface area (Å²) >= 11 is 3.34. The van der Waals surface area contributed by atoms with E-state index in [4.69, 9.17) is 15.2 Å². The lowest BCUT2D eigenvalue weighted by molar-refractivity contribution is 0.186. The molecule has 4 nitrogen and oxygen atoms in total. The van der Waals surface area contributed by atoms with Crippen LogP contribution < -0.4 is 15.2 Å². The average molecular weight is 276 g/mol. The van der Waals surface area contributed by atoms with E-state index in [1.54, 1.807) is 26.4 Å². The maximum atomic E-state index is 9.61. The van der Waals surface area contributed by atoms with E-state index in [0.29, 0.717) is 17.1 Å². The Labute approximate surface area is 97.1 Å². The molecular weight excluding hydrogens is 262 g/mol. The average Bonchev–Trinajstić information content (AvgIpc) is 2.28. The highest BCUT2D eigenvalue weighted by molar-refractivity contribution is 9.10. The van der Waals surface area contributed by atoms with Crippen molar-refractivity contribution in [3.8, 4) is 11.5 Å². The van der Waals surface area contributed by atoms with Gasteiger partial charge in [-0.25, -0.2) is 0 Å². The molecule has 15 heavy (non-hydrogen) atoms.